The molecule has 0 saturated heterocycles. The number of nitrogens with zero attached hydrogens (tertiary/aromatic N) is 1. The first kappa shape index (κ1) is 22.6. The fourth-order valence-electron chi connectivity index (χ4n) is 1.92. The summed E-state index contributed by atoms with van der Waals surface area (Å²) in [5, 5.41) is 17.1. The number of urea groups is 1. The van der Waals surface area contributed by atoms with Crippen LogP contribution in [0.15, 0.2) is 24.3 Å². The molecule has 0 aliphatic heterocycles. The van der Waals surface area contributed by atoms with Gasteiger partial charge in [0, 0.05) is 18.8 Å². The maximum absolute atomic E-state index is 12.2. The largest absolute Gasteiger partial charge is 0.478 e. The molecule has 11 heteroatoms. The normalized spacial score (nSPS) is 12.0. The van der Waals surface area contributed by atoms with Crippen molar-refractivity contribution in [2.24, 2.45) is 0 Å². The van der Waals surface area contributed by atoms with Gasteiger partial charge in [0.05, 0.1) is 5.56 Å². The highest BCUT2D eigenvalue weighted by Gasteiger charge is 2.35. The number of thiocarbonyl (C=S) groups is 1. The van der Waals surface area contributed by atoms with Gasteiger partial charge in [0.2, 0.25) is 3.79 Å². The Balaban J connectivity index is 2.76. The van der Waals surface area contributed by atoms with Crippen LogP contribution in [0.25, 0.3) is 0 Å². The third kappa shape index (κ3) is 7.03. The van der Waals surface area contributed by atoms with Crippen LogP contribution in [-0.4, -0.2) is 50.2 Å². The molecule has 0 aliphatic rings. The zero-order valence-electron chi connectivity index (χ0n) is 14.1. The number of amides is 2. The van der Waals surface area contributed by atoms with Gasteiger partial charge in [-0.2, -0.15) is 0 Å². The van der Waals surface area contributed by atoms with Crippen LogP contribution < -0.4 is 16.0 Å². The van der Waals surface area contributed by atoms with E-state index in [-0.39, 0.29) is 10.7 Å². The summed E-state index contributed by atoms with van der Waals surface area (Å²) < 4.78 is -1.86. The van der Waals surface area contributed by atoms with Gasteiger partial charge in [0.15, 0.2) is 11.3 Å². The lowest BCUT2D eigenvalue weighted by Crippen LogP contribution is -2.58. The first-order chi connectivity index (χ1) is 12.1. The van der Waals surface area contributed by atoms with E-state index < -0.39 is 22.0 Å². The van der Waals surface area contributed by atoms with Gasteiger partial charge in [-0.3, -0.25) is 0 Å². The summed E-state index contributed by atoms with van der Waals surface area (Å²) in [6.07, 6.45) is -1.08. The van der Waals surface area contributed by atoms with Crippen molar-refractivity contribution in [3.05, 3.63) is 29.8 Å². The Hall–Kier alpha value is -1.48. The number of rotatable bonds is 6. The summed E-state index contributed by atoms with van der Waals surface area (Å²) in [6, 6.07) is 5.50. The van der Waals surface area contributed by atoms with E-state index in [1.54, 1.807) is 0 Å². The van der Waals surface area contributed by atoms with Crippen molar-refractivity contribution in [3.8, 4) is 0 Å². The van der Waals surface area contributed by atoms with Gasteiger partial charge in [-0.25, -0.2) is 9.59 Å². The first-order valence-corrected chi connectivity index (χ1v) is 9.15. The lowest BCUT2D eigenvalue weighted by atomic mass is 10.2. The topological polar surface area (TPSA) is 93.7 Å². The van der Waals surface area contributed by atoms with Crippen molar-refractivity contribution in [3.63, 3.8) is 0 Å². The molecule has 0 saturated carbocycles. The molecule has 1 aromatic rings. The second-order valence-electron chi connectivity index (χ2n) is 5.08. The molecule has 7 nitrogen and oxygen atoms in total. The Morgan fingerprint density at radius 3 is 2.12 bits per heavy atom. The van der Waals surface area contributed by atoms with Crippen LogP contribution in [0.5, 0.6) is 0 Å². The van der Waals surface area contributed by atoms with Crippen LogP contribution in [0.2, 0.25) is 0 Å². The number of carboxylic acid groups (broad SMARTS) is 1. The summed E-state index contributed by atoms with van der Waals surface area (Å²) in [5.41, 5.74) is 0.672. The van der Waals surface area contributed by atoms with Crippen LogP contribution >= 0.6 is 47.0 Å². The fourth-order valence-corrected chi connectivity index (χ4v) is 2.48. The van der Waals surface area contributed by atoms with Crippen molar-refractivity contribution < 1.29 is 14.7 Å². The van der Waals surface area contributed by atoms with E-state index in [1.807, 2.05) is 13.8 Å². The minimum atomic E-state index is -1.86. The molecule has 0 bridgehead atoms. The average Bonchev–Trinajstić information content (AvgIpc) is 2.55. The Morgan fingerprint density at radius 2 is 1.69 bits per heavy atom. The maximum Gasteiger partial charge on any atom is 0.335 e. The number of alkyl halides is 3. The molecular weight excluding hydrogens is 423 g/mol. The van der Waals surface area contributed by atoms with Crippen LogP contribution in [0.3, 0.4) is 0 Å². The molecule has 4 N–H and O–H groups in total. The number of halogens is 3. The maximum atomic E-state index is 12.2. The summed E-state index contributed by atoms with van der Waals surface area (Å²) in [4.78, 5) is 24.6. The van der Waals surface area contributed by atoms with Crippen molar-refractivity contribution in [1.82, 2.24) is 15.5 Å². The second kappa shape index (κ2) is 10.0. The first-order valence-electron chi connectivity index (χ1n) is 7.61. The molecule has 0 fully saturated rings. The summed E-state index contributed by atoms with van der Waals surface area (Å²) in [6.45, 7) is 4.64. The quantitative estimate of drug-likeness (QED) is 0.307. The van der Waals surface area contributed by atoms with Crippen LogP contribution in [0.4, 0.5) is 10.5 Å². The molecule has 1 atom stereocenters. The molecule has 0 aliphatic carbocycles. The number of carboxylic acids is 1. The number of anilines is 1. The predicted octanol–water partition coefficient (Wildman–Crippen LogP) is 3.42. The molecule has 1 rings (SSSR count). The minimum Gasteiger partial charge on any atom is -0.478 e. The lowest BCUT2D eigenvalue weighted by molar-refractivity contribution is 0.0697. The predicted molar refractivity (Wildman–Crippen MR) is 108 cm³/mol. The zero-order valence-corrected chi connectivity index (χ0v) is 17.1. The van der Waals surface area contributed by atoms with Gasteiger partial charge in [0.25, 0.3) is 0 Å². The molecule has 1 aromatic carbocycles. The lowest BCUT2D eigenvalue weighted by Gasteiger charge is -2.30. The number of hydrogen-bond donors (Lipinski definition) is 4. The highest BCUT2D eigenvalue weighted by Crippen LogP contribution is 2.29. The van der Waals surface area contributed by atoms with E-state index >= 15 is 0 Å². The molecule has 2 amide bonds. The van der Waals surface area contributed by atoms with Gasteiger partial charge in [-0.15, -0.1) is 0 Å². The average molecular weight is 442 g/mol. The number of nitrogens with one attached hydrogen (secondary N) is 3. The molecule has 0 spiro atoms. The van der Waals surface area contributed by atoms with Crippen molar-refractivity contribution in [2.45, 2.75) is 23.8 Å². The molecular formula is C15H19Cl3N4O3S. The second-order valence-corrected chi connectivity index (χ2v) is 7.85. The molecule has 0 radical (unpaired) electrons. The zero-order chi connectivity index (χ0) is 19.9. The monoisotopic (exact) mass is 440 g/mol. The summed E-state index contributed by atoms with van der Waals surface area (Å²) in [7, 11) is 0. The Kier molecular flexibility index (Phi) is 8.69. The molecule has 0 aromatic heterocycles. The highest BCUT2D eigenvalue weighted by molar-refractivity contribution is 7.80. The van der Waals surface area contributed by atoms with Gasteiger partial charge < -0.3 is 26.0 Å². The van der Waals surface area contributed by atoms with Crippen molar-refractivity contribution >= 4 is 69.8 Å². The highest BCUT2D eigenvalue weighted by atomic mass is 35.6. The van der Waals surface area contributed by atoms with Crippen molar-refractivity contribution in [2.75, 3.05) is 18.4 Å². The summed E-state index contributed by atoms with van der Waals surface area (Å²) >= 11 is 22.9. The molecule has 144 valence electrons. The third-order valence-electron chi connectivity index (χ3n) is 3.31. The van der Waals surface area contributed by atoms with Crippen LogP contribution in [0.1, 0.15) is 24.2 Å². The number of hydrogen-bond acceptors (Lipinski definition) is 3. The van der Waals surface area contributed by atoms with E-state index in [1.165, 1.54) is 29.2 Å². The molecule has 1 unspecified atom stereocenters. The van der Waals surface area contributed by atoms with Gasteiger partial charge in [0.1, 0.15) is 0 Å². The Bertz CT molecular complexity index is 649. The van der Waals surface area contributed by atoms with E-state index in [0.717, 1.165) is 0 Å². The standard InChI is InChI=1S/C15H19Cl3N4O3S/c1-3-22(4-2)14(25)21-12(15(16,17)18)20-13(26)19-10-7-5-9(6-8-10)11(23)24/h5-8,12H,3-4H2,1-2H3,(H,21,25)(H,23,24)(H2,19,20,26). The molecule has 26 heavy (non-hydrogen) atoms. The van der Waals surface area contributed by atoms with Gasteiger partial charge in [-0.05, 0) is 50.3 Å². The molecule has 0 heterocycles. The summed E-state index contributed by atoms with van der Waals surface area (Å²) in [5.74, 6) is -1.03. The third-order valence-corrected chi connectivity index (χ3v) is 4.19. The Labute approximate surface area is 172 Å². The van der Waals surface area contributed by atoms with Crippen LogP contribution in [0, 0.1) is 0 Å². The minimum absolute atomic E-state index is 0.0873. The number of aromatic carboxylic acids is 1. The van der Waals surface area contributed by atoms with Gasteiger partial charge in [-0.1, -0.05) is 34.8 Å². The van der Waals surface area contributed by atoms with Crippen LogP contribution in [-0.2, 0) is 0 Å². The van der Waals surface area contributed by atoms with Crippen molar-refractivity contribution in [1.29, 1.82) is 0 Å². The number of carbonyl (C=O) groups is 2. The number of carbonyl (C=O) groups excluding carboxylic acids is 1. The smallest absolute Gasteiger partial charge is 0.335 e. The fraction of sp³-hybridized carbons (Fsp3) is 0.400. The SMILES string of the molecule is CCN(CC)C(=O)NC(NC(=S)Nc1ccc(C(=O)O)cc1)C(Cl)(Cl)Cl. The van der Waals surface area contributed by atoms with E-state index in [0.29, 0.717) is 18.8 Å². The van der Waals surface area contributed by atoms with E-state index in [2.05, 4.69) is 16.0 Å². The van der Waals surface area contributed by atoms with Gasteiger partial charge >= 0.3 is 12.0 Å². The van der Waals surface area contributed by atoms with E-state index in [4.69, 9.17) is 52.1 Å². The Morgan fingerprint density at radius 1 is 1.15 bits per heavy atom. The van der Waals surface area contributed by atoms with E-state index in [9.17, 15) is 9.59 Å². The number of benzene rings is 1.